The highest BCUT2D eigenvalue weighted by molar-refractivity contribution is 6.37. The summed E-state index contributed by atoms with van der Waals surface area (Å²) in [6, 6.07) is 28.3. The predicted molar refractivity (Wildman–Crippen MR) is 103 cm³/mol. The topological polar surface area (TPSA) is 18.5 Å². The highest BCUT2D eigenvalue weighted by atomic mass is 28.2. The van der Waals surface area contributed by atoms with Crippen LogP contribution in [0.25, 0.3) is 0 Å². The Morgan fingerprint density at radius 3 is 2.12 bits per heavy atom. The van der Waals surface area contributed by atoms with Crippen molar-refractivity contribution >= 4 is 9.52 Å². The number of ether oxygens (including phenoxy) is 2. The summed E-state index contributed by atoms with van der Waals surface area (Å²) in [4.78, 5) is 0. The zero-order valence-corrected chi connectivity index (χ0v) is 15.6. The zero-order chi connectivity index (χ0) is 17.5. The van der Waals surface area contributed by atoms with Crippen LogP contribution in [0.3, 0.4) is 0 Å². The van der Waals surface area contributed by atoms with Crippen molar-refractivity contribution in [2.45, 2.75) is 25.3 Å². The first-order chi connectivity index (χ1) is 12.2. The lowest BCUT2D eigenvalue weighted by Gasteiger charge is -2.29. The van der Waals surface area contributed by atoms with E-state index in [4.69, 9.17) is 9.47 Å². The van der Waals surface area contributed by atoms with Crippen molar-refractivity contribution in [3.8, 4) is 11.5 Å². The van der Waals surface area contributed by atoms with Crippen LogP contribution < -0.4 is 4.74 Å². The maximum atomic E-state index is 6.31. The van der Waals surface area contributed by atoms with E-state index in [1.54, 1.807) is 0 Å². The lowest BCUT2D eigenvalue weighted by molar-refractivity contribution is 0.0140. The molecule has 0 bridgehead atoms. The minimum absolute atomic E-state index is 0.266. The Kier molecular flexibility index (Phi) is 5.69. The standard InChI is InChI=1S/C22H22O2Si/c1-22(25-2,19-11-5-3-6-12-19)23-17-18-10-9-15-21(16-18)24-20-13-7-4-8-14-20/h3-16H,17H2,1-2H3. The summed E-state index contributed by atoms with van der Waals surface area (Å²) in [5.41, 5.74) is 2.32. The lowest BCUT2D eigenvalue weighted by atomic mass is 10.1. The van der Waals surface area contributed by atoms with Crippen LogP contribution in [-0.4, -0.2) is 9.52 Å². The molecule has 0 saturated carbocycles. The molecule has 0 spiro atoms. The van der Waals surface area contributed by atoms with Crippen molar-refractivity contribution in [3.63, 3.8) is 0 Å². The van der Waals surface area contributed by atoms with Crippen molar-refractivity contribution in [2.24, 2.45) is 0 Å². The third-order valence-electron chi connectivity index (χ3n) is 4.21. The van der Waals surface area contributed by atoms with Crippen molar-refractivity contribution in [1.82, 2.24) is 0 Å². The van der Waals surface area contributed by atoms with Gasteiger partial charge in [0, 0.05) is 0 Å². The molecule has 2 radical (unpaired) electrons. The summed E-state index contributed by atoms with van der Waals surface area (Å²) in [5, 5.41) is -0.266. The molecule has 1 atom stereocenters. The van der Waals surface area contributed by atoms with Gasteiger partial charge in [0.05, 0.1) is 21.4 Å². The molecule has 2 nitrogen and oxygen atoms in total. The Balaban J connectivity index is 1.69. The van der Waals surface area contributed by atoms with Gasteiger partial charge >= 0.3 is 0 Å². The summed E-state index contributed by atoms with van der Waals surface area (Å²) < 4.78 is 12.2. The molecule has 0 aromatic heterocycles. The van der Waals surface area contributed by atoms with E-state index in [1.807, 2.05) is 54.6 Å². The highest BCUT2D eigenvalue weighted by Crippen LogP contribution is 2.27. The van der Waals surface area contributed by atoms with Gasteiger partial charge in [-0.1, -0.05) is 67.2 Å². The van der Waals surface area contributed by atoms with E-state index in [0.29, 0.717) is 16.1 Å². The SMILES string of the molecule is C[Si]C(C)(OCc1cccc(Oc2ccccc2)c1)c1ccccc1. The van der Waals surface area contributed by atoms with Crippen LogP contribution in [-0.2, 0) is 16.6 Å². The van der Waals surface area contributed by atoms with Crippen molar-refractivity contribution < 1.29 is 9.47 Å². The number of benzene rings is 3. The maximum absolute atomic E-state index is 6.31. The third-order valence-corrected chi connectivity index (χ3v) is 5.59. The smallest absolute Gasteiger partial charge is 0.127 e. The molecule has 3 aromatic rings. The Labute approximate surface area is 152 Å². The molecule has 0 aliphatic rings. The average molecular weight is 347 g/mol. The minimum atomic E-state index is -0.266. The van der Waals surface area contributed by atoms with Gasteiger partial charge in [0.2, 0.25) is 0 Å². The van der Waals surface area contributed by atoms with E-state index < -0.39 is 0 Å². The first kappa shape index (κ1) is 17.5. The van der Waals surface area contributed by atoms with Crippen LogP contribution in [0.5, 0.6) is 11.5 Å². The average Bonchev–Trinajstić information content (AvgIpc) is 2.68. The van der Waals surface area contributed by atoms with Crippen molar-refractivity contribution in [2.75, 3.05) is 0 Å². The molecule has 0 saturated heterocycles. The van der Waals surface area contributed by atoms with E-state index in [1.165, 1.54) is 5.56 Å². The summed E-state index contributed by atoms with van der Waals surface area (Å²) >= 11 is 0. The molecule has 3 heteroatoms. The van der Waals surface area contributed by atoms with Gasteiger partial charge in [-0.25, -0.2) is 0 Å². The van der Waals surface area contributed by atoms with Gasteiger partial charge in [-0.05, 0) is 42.3 Å². The molecular weight excluding hydrogens is 324 g/mol. The zero-order valence-electron chi connectivity index (χ0n) is 14.6. The summed E-state index contributed by atoms with van der Waals surface area (Å²) in [6.45, 7) is 4.89. The van der Waals surface area contributed by atoms with Crippen molar-refractivity contribution in [3.05, 3.63) is 96.1 Å². The number of hydrogen-bond donors (Lipinski definition) is 0. The first-order valence-electron chi connectivity index (χ1n) is 8.40. The van der Waals surface area contributed by atoms with Gasteiger partial charge in [-0.3, -0.25) is 0 Å². The second kappa shape index (κ2) is 8.14. The van der Waals surface area contributed by atoms with Gasteiger partial charge < -0.3 is 9.47 Å². The molecule has 126 valence electrons. The number of para-hydroxylation sites is 1. The summed E-state index contributed by atoms with van der Waals surface area (Å²) in [6.07, 6.45) is 0. The van der Waals surface area contributed by atoms with Gasteiger partial charge in [-0.15, -0.1) is 0 Å². The van der Waals surface area contributed by atoms with E-state index >= 15 is 0 Å². The van der Waals surface area contributed by atoms with Crippen LogP contribution >= 0.6 is 0 Å². The Hall–Kier alpha value is -2.36. The maximum Gasteiger partial charge on any atom is 0.127 e. The fourth-order valence-electron chi connectivity index (χ4n) is 2.61. The molecule has 0 amide bonds. The van der Waals surface area contributed by atoms with E-state index in [9.17, 15) is 0 Å². The summed E-state index contributed by atoms with van der Waals surface area (Å²) in [5.74, 6) is 1.66. The normalized spacial score (nSPS) is 13.2. The Morgan fingerprint density at radius 1 is 0.800 bits per heavy atom. The highest BCUT2D eigenvalue weighted by Gasteiger charge is 2.25. The monoisotopic (exact) mass is 346 g/mol. The molecule has 0 fully saturated rings. The van der Waals surface area contributed by atoms with E-state index in [2.05, 4.69) is 43.8 Å². The fourth-order valence-corrected chi connectivity index (χ4v) is 3.28. The molecule has 3 aromatic carbocycles. The number of rotatable bonds is 7. The van der Waals surface area contributed by atoms with Crippen molar-refractivity contribution in [1.29, 1.82) is 0 Å². The second-order valence-corrected chi connectivity index (χ2v) is 7.45. The Morgan fingerprint density at radius 2 is 1.44 bits per heavy atom. The predicted octanol–water partition coefficient (Wildman–Crippen LogP) is 5.62. The molecule has 0 aliphatic heterocycles. The van der Waals surface area contributed by atoms with Gasteiger partial charge in [-0.2, -0.15) is 0 Å². The molecular formula is C22H22O2Si. The van der Waals surface area contributed by atoms with E-state index in [0.717, 1.165) is 17.1 Å². The van der Waals surface area contributed by atoms with E-state index in [-0.39, 0.29) is 5.22 Å². The minimum Gasteiger partial charge on any atom is -0.457 e. The summed E-state index contributed by atoms with van der Waals surface area (Å²) in [7, 11) is 0.653. The lowest BCUT2D eigenvalue weighted by Crippen LogP contribution is -2.31. The quantitative estimate of drug-likeness (QED) is 0.517. The Bertz CT molecular complexity index is 789. The van der Waals surface area contributed by atoms with Gasteiger partial charge in [0.25, 0.3) is 0 Å². The van der Waals surface area contributed by atoms with Gasteiger partial charge in [0.1, 0.15) is 11.5 Å². The largest absolute Gasteiger partial charge is 0.457 e. The second-order valence-electron chi connectivity index (χ2n) is 6.00. The van der Waals surface area contributed by atoms with Gasteiger partial charge in [0.15, 0.2) is 0 Å². The molecule has 3 rings (SSSR count). The molecule has 1 unspecified atom stereocenters. The van der Waals surface area contributed by atoms with Crippen LogP contribution in [0.2, 0.25) is 6.55 Å². The molecule has 0 aliphatic carbocycles. The fraction of sp³-hybridized carbons (Fsp3) is 0.182. The van der Waals surface area contributed by atoms with Crippen LogP contribution in [0.15, 0.2) is 84.9 Å². The third kappa shape index (κ3) is 4.59. The van der Waals surface area contributed by atoms with Crippen LogP contribution in [0.1, 0.15) is 18.1 Å². The first-order valence-corrected chi connectivity index (χ1v) is 9.90. The van der Waals surface area contributed by atoms with Crippen LogP contribution in [0.4, 0.5) is 0 Å². The van der Waals surface area contributed by atoms with Crippen LogP contribution in [0, 0.1) is 0 Å². The number of hydrogen-bond acceptors (Lipinski definition) is 2. The molecule has 0 heterocycles. The molecule has 25 heavy (non-hydrogen) atoms. The molecule has 0 N–H and O–H groups in total.